The Morgan fingerprint density at radius 1 is 1.04 bits per heavy atom. The van der Waals surface area contributed by atoms with Crippen molar-refractivity contribution in [1.82, 2.24) is 14.7 Å². The van der Waals surface area contributed by atoms with E-state index in [1.807, 2.05) is 23.1 Å². The smallest absolute Gasteiger partial charge is 0.409 e. The van der Waals surface area contributed by atoms with Crippen LogP contribution in [0.25, 0.3) is 0 Å². The number of carbonyl (C=O) groups is 2. The molecule has 1 aliphatic rings. The number of benzene rings is 1. The van der Waals surface area contributed by atoms with E-state index in [-0.39, 0.29) is 12.0 Å². The van der Waals surface area contributed by atoms with Gasteiger partial charge >= 0.3 is 6.09 Å². The average molecular weight is 333 g/mol. The van der Waals surface area contributed by atoms with Crippen molar-refractivity contribution in [3.8, 4) is 0 Å². The number of ether oxygens (including phenoxy) is 1. The van der Waals surface area contributed by atoms with Crippen LogP contribution in [0.1, 0.15) is 19.4 Å². The van der Waals surface area contributed by atoms with Gasteiger partial charge in [0.2, 0.25) is 5.91 Å². The van der Waals surface area contributed by atoms with E-state index in [0.29, 0.717) is 39.3 Å². The maximum Gasteiger partial charge on any atom is 0.409 e. The molecule has 2 rings (SSSR count). The molecule has 2 amide bonds. The highest BCUT2D eigenvalue weighted by molar-refractivity contribution is 5.78. The van der Waals surface area contributed by atoms with Gasteiger partial charge in [-0.05, 0) is 19.0 Å². The topological polar surface area (TPSA) is 53.1 Å². The summed E-state index contributed by atoms with van der Waals surface area (Å²) in [7, 11) is 0. The predicted octanol–water partition coefficient (Wildman–Crippen LogP) is 1.81. The zero-order chi connectivity index (χ0) is 17.4. The zero-order valence-corrected chi connectivity index (χ0v) is 14.6. The Morgan fingerprint density at radius 3 is 2.25 bits per heavy atom. The number of hydrogen-bond acceptors (Lipinski definition) is 4. The van der Waals surface area contributed by atoms with Crippen LogP contribution >= 0.6 is 0 Å². The van der Waals surface area contributed by atoms with E-state index >= 15 is 0 Å². The van der Waals surface area contributed by atoms with Crippen LogP contribution in [-0.4, -0.2) is 72.6 Å². The molecule has 0 saturated carbocycles. The number of piperazine rings is 1. The van der Waals surface area contributed by atoms with Gasteiger partial charge in [-0.25, -0.2) is 4.79 Å². The molecular weight excluding hydrogens is 306 g/mol. The summed E-state index contributed by atoms with van der Waals surface area (Å²) in [6.07, 6.45) is -0.288. The molecule has 0 N–H and O–H groups in total. The normalized spacial score (nSPS) is 14.8. The van der Waals surface area contributed by atoms with E-state index in [0.717, 1.165) is 13.1 Å². The third-order valence-electron chi connectivity index (χ3n) is 4.21. The molecule has 1 aromatic rings. The van der Waals surface area contributed by atoms with Gasteiger partial charge in [-0.3, -0.25) is 9.69 Å². The standard InChI is InChI=1S/C18H27N3O3/c1-3-19(14-16-8-6-5-7-9-16)15-17(22)20-10-12-21(13-11-20)18(23)24-4-2/h5-9H,3-4,10-15H2,1-2H3. The number of hydrogen-bond donors (Lipinski definition) is 0. The average Bonchev–Trinajstić information content (AvgIpc) is 2.62. The van der Waals surface area contributed by atoms with Crippen LogP contribution in [-0.2, 0) is 16.1 Å². The largest absolute Gasteiger partial charge is 0.450 e. The van der Waals surface area contributed by atoms with E-state index in [9.17, 15) is 9.59 Å². The second kappa shape index (κ2) is 9.27. The summed E-state index contributed by atoms with van der Waals surface area (Å²) in [4.78, 5) is 29.8. The SMILES string of the molecule is CCOC(=O)N1CCN(C(=O)CN(CC)Cc2ccccc2)CC1. The lowest BCUT2D eigenvalue weighted by Crippen LogP contribution is -2.52. The molecule has 1 aromatic carbocycles. The Hall–Kier alpha value is -2.08. The highest BCUT2D eigenvalue weighted by Crippen LogP contribution is 2.08. The second-order valence-electron chi connectivity index (χ2n) is 5.86. The molecule has 132 valence electrons. The van der Waals surface area contributed by atoms with Crippen molar-refractivity contribution < 1.29 is 14.3 Å². The second-order valence-corrected chi connectivity index (χ2v) is 5.86. The minimum Gasteiger partial charge on any atom is -0.450 e. The first kappa shape index (κ1) is 18.3. The van der Waals surface area contributed by atoms with Gasteiger partial charge in [0, 0.05) is 32.7 Å². The molecule has 0 atom stereocenters. The van der Waals surface area contributed by atoms with Crippen molar-refractivity contribution in [2.75, 3.05) is 45.9 Å². The summed E-state index contributed by atoms with van der Waals surface area (Å²) in [6.45, 7) is 8.45. The molecule has 1 fully saturated rings. The van der Waals surface area contributed by atoms with Gasteiger partial charge in [-0.15, -0.1) is 0 Å². The number of likely N-dealkylation sites (N-methyl/N-ethyl adjacent to an activating group) is 1. The van der Waals surface area contributed by atoms with Crippen molar-refractivity contribution in [3.05, 3.63) is 35.9 Å². The lowest BCUT2D eigenvalue weighted by Gasteiger charge is -2.35. The molecule has 6 heteroatoms. The summed E-state index contributed by atoms with van der Waals surface area (Å²) in [5, 5.41) is 0. The zero-order valence-electron chi connectivity index (χ0n) is 14.6. The first-order valence-electron chi connectivity index (χ1n) is 8.59. The monoisotopic (exact) mass is 333 g/mol. The Morgan fingerprint density at radius 2 is 1.67 bits per heavy atom. The van der Waals surface area contributed by atoms with E-state index in [1.165, 1.54) is 5.56 Å². The van der Waals surface area contributed by atoms with Gasteiger partial charge in [0.25, 0.3) is 0 Å². The number of amides is 2. The fourth-order valence-electron chi connectivity index (χ4n) is 2.77. The van der Waals surface area contributed by atoms with Crippen molar-refractivity contribution in [3.63, 3.8) is 0 Å². The van der Waals surface area contributed by atoms with Crippen LogP contribution in [0.5, 0.6) is 0 Å². The minimum atomic E-state index is -0.288. The van der Waals surface area contributed by atoms with E-state index < -0.39 is 0 Å². The van der Waals surface area contributed by atoms with Gasteiger partial charge < -0.3 is 14.5 Å². The molecule has 0 spiro atoms. The fraction of sp³-hybridized carbons (Fsp3) is 0.556. The molecule has 24 heavy (non-hydrogen) atoms. The third kappa shape index (κ3) is 5.23. The molecule has 1 heterocycles. The molecular formula is C18H27N3O3. The Balaban J connectivity index is 1.80. The first-order valence-corrected chi connectivity index (χ1v) is 8.59. The Bertz CT molecular complexity index is 528. The van der Waals surface area contributed by atoms with Crippen LogP contribution in [0.4, 0.5) is 4.79 Å². The van der Waals surface area contributed by atoms with Gasteiger partial charge in [0.15, 0.2) is 0 Å². The maximum absolute atomic E-state index is 12.5. The van der Waals surface area contributed by atoms with Crippen molar-refractivity contribution in [2.45, 2.75) is 20.4 Å². The molecule has 0 aliphatic carbocycles. The number of carbonyl (C=O) groups excluding carboxylic acids is 2. The first-order chi connectivity index (χ1) is 11.6. The van der Waals surface area contributed by atoms with Gasteiger partial charge in [-0.1, -0.05) is 37.3 Å². The molecule has 0 unspecified atom stereocenters. The molecule has 0 radical (unpaired) electrons. The maximum atomic E-state index is 12.5. The van der Waals surface area contributed by atoms with Crippen LogP contribution in [0.2, 0.25) is 0 Å². The van der Waals surface area contributed by atoms with Crippen LogP contribution in [0, 0.1) is 0 Å². The van der Waals surface area contributed by atoms with Crippen molar-refractivity contribution in [1.29, 1.82) is 0 Å². The lowest BCUT2D eigenvalue weighted by molar-refractivity contribution is -0.134. The Kier molecular flexibility index (Phi) is 7.06. The molecule has 6 nitrogen and oxygen atoms in total. The summed E-state index contributed by atoms with van der Waals surface area (Å²) in [5.74, 6) is 0.122. The molecule has 0 bridgehead atoms. The number of nitrogens with zero attached hydrogens (tertiary/aromatic N) is 3. The van der Waals surface area contributed by atoms with E-state index in [1.54, 1.807) is 11.8 Å². The Labute approximate surface area is 144 Å². The van der Waals surface area contributed by atoms with Gasteiger partial charge in [-0.2, -0.15) is 0 Å². The van der Waals surface area contributed by atoms with Crippen LogP contribution < -0.4 is 0 Å². The van der Waals surface area contributed by atoms with Crippen molar-refractivity contribution in [2.24, 2.45) is 0 Å². The fourth-order valence-corrected chi connectivity index (χ4v) is 2.77. The van der Waals surface area contributed by atoms with E-state index in [4.69, 9.17) is 4.74 Å². The molecule has 1 aliphatic heterocycles. The van der Waals surface area contributed by atoms with Crippen LogP contribution in [0.15, 0.2) is 30.3 Å². The lowest BCUT2D eigenvalue weighted by atomic mass is 10.2. The predicted molar refractivity (Wildman–Crippen MR) is 92.6 cm³/mol. The van der Waals surface area contributed by atoms with Gasteiger partial charge in [0.1, 0.15) is 0 Å². The number of rotatable bonds is 6. The van der Waals surface area contributed by atoms with Gasteiger partial charge in [0.05, 0.1) is 13.2 Å². The minimum absolute atomic E-state index is 0.122. The third-order valence-corrected chi connectivity index (χ3v) is 4.21. The summed E-state index contributed by atoms with van der Waals surface area (Å²) in [5.41, 5.74) is 1.21. The van der Waals surface area contributed by atoms with Crippen molar-refractivity contribution >= 4 is 12.0 Å². The van der Waals surface area contributed by atoms with E-state index in [2.05, 4.69) is 24.0 Å². The molecule has 0 aromatic heterocycles. The van der Waals surface area contributed by atoms with Crippen LogP contribution in [0.3, 0.4) is 0 Å². The summed E-state index contributed by atoms with van der Waals surface area (Å²) < 4.78 is 5.00. The highest BCUT2D eigenvalue weighted by atomic mass is 16.6. The quantitative estimate of drug-likeness (QED) is 0.797. The highest BCUT2D eigenvalue weighted by Gasteiger charge is 2.25. The molecule has 1 saturated heterocycles. The summed E-state index contributed by atoms with van der Waals surface area (Å²) in [6, 6.07) is 10.2. The summed E-state index contributed by atoms with van der Waals surface area (Å²) >= 11 is 0.